The fourth-order valence-electron chi connectivity index (χ4n) is 2.07. The average Bonchev–Trinajstić information content (AvgIpc) is 2.31. The van der Waals surface area contributed by atoms with Gasteiger partial charge >= 0.3 is 0 Å². The molecule has 0 fully saturated rings. The number of nitrogens with zero attached hydrogens (tertiary/aromatic N) is 1. The lowest BCUT2D eigenvalue weighted by atomic mass is 9.95. The summed E-state index contributed by atoms with van der Waals surface area (Å²) in [5.74, 6) is 0.657. The highest BCUT2D eigenvalue weighted by Gasteiger charge is 2.13. The fourth-order valence-corrected chi connectivity index (χ4v) is 2.29. The Bertz CT molecular complexity index is 405. The maximum atomic E-state index is 8.80. The van der Waals surface area contributed by atoms with Gasteiger partial charge in [-0.05, 0) is 31.0 Å². The molecule has 0 radical (unpaired) electrons. The van der Waals surface area contributed by atoms with Crippen LogP contribution in [0, 0.1) is 17.2 Å². The molecule has 92 valence electrons. The van der Waals surface area contributed by atoms with Gasteiger partial charge in [-0.25, -0.2) is 0 Å². The Balaban J connectivity index is 2.76. The zero-order valence-corrected chi connectivity index (χ0v) is 11.4. The van der Waals surface area contributed by atoms with E-state index in [2.05, 4.69) is 32.2 Å². The van der Waals surface area contributed by atoms with E-state index in [1.54, 1.807) is 6.07 Å². The van der Waals surface area contributed by atoms with Gasteiger partial charge in [0.25, 0.3) is 0 Å². The summed E-state index contributed by atoms with van der Waals surface area (Å²) in [5.41, 5.74) is 1.50. The Morgan fingerprint density at radius 2 is 2.00 bits per heavy atom. The largest absolute Gasteiger partial charge is 0.382 e. The molecule has 1 aromatic carbocycles. The topological polar surface area (TPSA) is 35.8 Å². The van der Waals surface area contributed by atoms with E-state index in [0.29, 0.717) is 22.5 Å². The Morgan fingerprint density at radius 3 is 2.47 bits per heavy atom. The van der Waals surface area contributed by atoms with Gasteiger partial charge in [0.05, 0.1) is 10.6 Å². The van der Waals surface area contributed by atoms with Crippen molar-refractivity contribution in [2.45, 2.75) is 39.7 Å². The predicted molar refractivity (Wildman–Crippen MR) is 73.3 cm³/mol. The molecule has 3 heteroatoms. The minimum atomic E-state index is 0.411. The van der Waals surface area contributed by atoms with Crippen molar-refractivity contribution >= 4 is 17.3 Å². The number of rotatable bonds is 5. The second-order valence-corrected chi connectivity index (χ2v) is 4.72. The highest BCUT2D eigenvalue weighted by Crippen LogP contribution is 2.23. The van der Waals surface area contributed by atoms with Crippen molar-refractivity contribution in [1.82, 2.24) is 0 Å². The molecule has 0 saturated carbocycles. The van der Waals surface area contributed by atoms with Crippen molar-refractivity contribution in [3.63, 3.8) is 0 Å². The first-order valence-electron chi connectivity index (χ1n) is 6.08. The summed E-state index contributed by atoms with van der Waals surface area (Å²) in [6.45, 7) is 6.60. The number of nitriles is 1. The first-order chi connectivity index (χ1) is 8.12. The van der Waals surface area contributed by atoms with E-state index in [1.165, 1.54) is 0 Å². The first-order valence-corrected chi connectivity index (χ1v) is 6.46. The highest BCUT2D eigenvalue weighted by atomic mass is 35.5. The van der Waals surface area contributed by atoms with Crippen molar-refractivity contribution in [3.8, 4) is 6.07 Å². The van der Waals surface area contributed by atoms with Gasteiger partial charge in [0, 0.05) is 11.7 Å². The highest BCUT2D eigenvalue weighted by molar-refractivity contribution is 6.32. The summed E-state index contributed by atoms with van der Waals surface area (Å²) in [7, 11) is 0. The SMILES string of the molecule is CCC(CC)C(C)Nc1ccc(C#N)c(Cl)c1. The molecule has 1 N–H and O–H groups in total. The standard InChI is InChI=1S/C14H19ClN2/c1-4-11(5-2)10(3)17-13-7-6-12(9-16)14(15)8-13/h6-8,10-11,17H,4-5H2,1-3H3. The van der Waals surface area contributed by atoms with Crippen molar-refractivity contribution < 1.29 is 0 Å². The molecule has 0 spiro atoms. The Kier molecular flexibility index (Phi) is 5.31. The number of benzene rings is 1. The van der Waals surface area contributed by atoms with Crippen LogP contribution in [0.5, 0.6) is 0 Å². The zero-order chi connectivity index (χ0) is 12.8. The molecule has 0 heterocycles. The molecule has 2 nitrogen and oxygen atoms in total. The third-order valence-corrected chi connectivity index (χ3v) is 3.55. The number of hydrogen-bond donors (Lipinski definition) is 1. The molecule has 0 aliphatic rings. The Hall–Kier alpha value is -1.20. The van der Waals surface area contributed by atoms with E-state index >= 15 is 0 Å². The number of anilines is 1. The Morgan fingerprint density at radius 1 is 1.35 bits per heavy atom. The lowest BCUT2D eigenvalue weighted by molar-refractivity contribution is 0.438. The lowest BCUT2D eigenvalue weighted by Gasteiger charge is -2.23. The average molecular weight is 251 g/mol. The van der Waals surface area contributed by atoms with Crippen molar-refractivity contribution in [2.75, 3.05) is 5.32 Å². The summed E-state index contributed by atoms with van der Waals surface area (Å²) in [6, 6.07) is 7.95. The number of nitrogens with one attached hydrogen (secondary N) is 1. The molecule has 0 bridgehead atoms. The summed E-state index contributed by atoms with van der Waals surface area (Å²) in [6.07, 6.45) is 2.32. The molecule has 1 unspecified atom stereocenters. The number of hydrogen-bond acceptors (Lipinski definition) is 2. The maximum Gasteiger partial charge on any atom is 0.101 e. The van der Waals surface area contributed by atoms with E-state index in [1.807, 2.05) is 12.1 Å². The number of halogens is 1. The van der Waals surface area contributed by atoms with Gasteiger partial charge in [-0.15, -0.1) is 0 Å². The van der Waals surface area contributed by atoms with E-state index in [-0.39, 0.29) is 0 Å². The third kappa shape index (κ3) is 3.64. The van der Waals surface area contributed by atoms with Crippen LogP contribution in [0.3, 0.4) is 0 Å². The Labute approximate surface area is 109 Å². The van der Waals surface area contributed by atoms with Crippen LogP contribution >= 0.6 is 11.6 Å². The predicted octanol–water partition coefficient (Wildman–Crippen LogP) is 4.45. The molecule has 0 saturated heterocycles. The molecule has 0 aliphatic heterocycles. The smallest absolute Gasteiger partial charge is 0.101 e. The fraction of sp³-hybridized carbons (Fsp3) is 0.500. The first kappa shape index (κ1) is 13.9. The van der Waals surface area contributed by atoms with Crippen LogP contribution in [0.1, 0.15) is 39.2 Å². The van der Waals surface area contributed by atoms with E-state index < -0.39 is 0 Å². The summed E-state index contributed by atoms with van der Waals surface area (Å²) in [4.78, 5) is 0. The second-order valence-electron chi connectivity index (χ2n) is 4.32. The third-order valence-electron chi connectivity index (χ3n) is 3.24. The zero-order valence-electron chi connectivity index (χ0n) is 10.6. The normalized spacial score (nSPS) is 12.2. The molecular weight excluding hydrogens is 232 g/mol. The molecule has 17 heavy (non-hydrogen) atoms. The lowest BCUT2D eigenvalue weighted by Crippen LogP contribution is -2.24. The summed E-state index contributed by atoms with van der Waals surface area (Å²) in [5, 5.41) is 12.8. The minimum absolute atomic E-state index is 0.411. The van der Waals surface area contributed by atoms with Gasteiger partial charge in [-0.3, -0.25) is 0 Å². The van der Waals surface area contributed by atoms with Crippen LogP contribution in [0.4, 0.5) is 5.69 Å². The van der Waals surface area contributed by atoms with Crippen molar-refractivity contribution in [3.05, 3.63) is 28.8 Å². The maximum absolute atomic E-state index is 8.80. The van der Waals surface area contributed by atoms with E-state index in [4.69, 9.17) is 16.9 Å². The molecule has 0 amide bonds. The summed E-state index contributed by atoms with van der Waals surface area (Å²) >= 11 is 6.00. The van der Waals surface area contributed by atoms with Crippen LogP contribution in [0.2, 0.25) is 5.02 Å². The minimum Gasteiger partial charge on any atom is -0.382 e. The van der Waals surface area contributed by atoms with Gasteiger partial charge < -0.3 is 5.32 Å². The summed E-state index contributed by atoms with van der Waals surface area (Å²) < 4.78 is 0. The molecular formula is C14H19ClN2. The molecule has 1 rings (SSSR count). The molecule has 1 atom stereocenters. The molecule has 1 aromatic rings. The van der Waals surface area contributed by atoms with Crippen LogP contribution < -0.4 is 5.32 Å². The van der Waals surface area contributed by atoms with Crippen molar-refractivity contribution in [2.24, 2.45) is 5.92 Å². The van der Waals surface area contributed by atoms with Crippen LogP contribution in [0.25, 0.3) is 0 Å². The molecule has 0 aliphatic carbocycles. The van der Waals surface area contributed by atoms with Gasteiger partial charge in [-0.2, -0.15) is 5.26 Å². The van der Waals surface area contributed by atoms with Crippen molar-refractivity contribution in [1.29, 1.82) is 5.26 Å². The quantitative estimate of drug-likeness (QED) is 0.838. The van der Waals surface area contributed by atoms with E-state index in [0.717, 1.165) is 18.5 Å². The van der Waals surface area contributed by atoms with Gasteiger partial charge in [0.15, 0.2) is 0 Å². The van der Waals surface area contributed by atoms with E-state index in [9.17, 15) is 0 Å². The molecule has 0 aromatic heterocycles. The van der Waals surface area contributed by atoms with Crippen LogP contribution in [-0.4, -0.2) is 6.04 Å². The monoisotopic (exact) mass is 250 g/mol. The van der Waals surface area contributed by atoms with Crippen LogP contribution in [-0.2, 0) is 0 Å². The van der Waals surface area contributed by atoms with Crippen LogP contribution in [0.15, 0.2) is 18.2 Å². The van der Waals surface area contributed by atoms with Gasteiger partial charge in [-0.1, -0.05) is 38.3 Å². The second kappa shape index (κ2) is 6.51. The van der Waals surface area contributed by atoms with Gasteiger partial charge in [0.2, 0.25) is 0 Å². The van der Waals surface area contributed by atoms with Gasteiger partial charge in [0.1, 0.15) is 6.07 Å².